The lowest BCUT2D eigenvalue weighted by Crippen LogP contribution is -2.19. The second-order valence-corrected chi connectivity index (χ2v) is 5.71. The van der Waals surface area contributed by atoms with E-state index in [2.05, 4.69) is 45.1 Å². The van der Waals surface area contributed by atoms with Crippen molar-refractivity contribution in [2.75, 3.05) is 13.7 Å². The van der Waals surface area contributed by atoms with Crippen LogP contribution in [-0.2, 0) is 11.3 Å². The maximum Gasteiger partial charge on any atom is 0.124 e. The third-order valence-electron chi connectivity index (χ3n) is 2.98. The van der Waals surface area contributed by atoms with Crippen LogP contribution in [0, 0.1) is 0 Å². The summed E-state index contributed by atoms with van der Waals surface area (Å²) >= 11 is 0. The monoisotopic (exact) mass is 265 g/mol. The van der Waals surface area contributed by atoms with Crippen molar-refractivity contribution in [1.29, 1.82) is 0 Å². The Balaban J connectivity index is 2.94. The molecule has 0 aliphatic carbocycles. The highest BCUT2D eigenvalue weighted by molar-refractivity contribution is 5.38. The van der Waals surface area contributed by atoms with Crippen molar-refractivity contribution >= 4 is 0 Å². The second-order valence-electron chi connectivity index (χ2n) is 5.71. The van der Waals surface area contributed by atoms with Crippen molar-refractivity contribution in [3.63, 3.8) is 0 Å². The van der Waals surface area contributed by atoms with Crippen molar-refractivity contribution < 1.29 is 9.47 Å². The molecule has 1 atom stereocenters. The molecule has 1 rings (SSSR count). The zero-order valence-corrected chi connectivity index (χ0v) is 13.0. The first-order chi connectivity index (χ1) is 8.87. The summed E-state index contributed by atoms with van der Waals surface area (Å²) in [6, 6.07) is 6.63. The molecule has 1 aromatic rings. The molecule has 3 nitrogen and oxygen atoms in total. The van der Waals surface area contributed by atoms with Crippen LogP contribution in [0.15, 0.2) is 18.2 Å². The highest BCUT2D eigenvalue weighted by Gasteiger charge is 2.14. The highest BCUT2D eigenvalue weighted by atomic mass is 16.5. The molecule has 0 heterocycles. The Morgan fingerprint density at radius 2 is 1.95 bits per heavy atom. The van der Waals surface area contributed by atoms with Gasteiger partial charge in [-0.2, -0.15) is 0 Å². The number of ether oxygens (including phenoxy) is 2. The van der Waals surface area contributed by atoms with Gasteiger partial charge in [-0.15, -0.1) is 0 Å². The molecule has 1 N–H and O–H groups in total. The van der Waals surface area contributed by atoms with Crippen LogP contribution < -0.4 is 10.1 Å². The molecule has 0 bridgehead atoms. The van der Waals surface area contributed by atoms with Gasteiger partial charge in [0.1, 0.15) is 5.75 Å². The van der Waals surface area contributed by atoms with E-state index < -0.39 is 0 Å². The lowest BCUT2D eigenvalue weighted by Gasteiger charge is -2.22. The molecule has 0 saturated carbocycles. The summed E-state index contributed by atoms with van der Waals surface area (Å²) in [7, 11) is 1.96. The first-order valence-electron chi connectivity index (χ1n) is 6.94. The van der Waals surface area contributed by atoms with Gasteiger partial charge in [0.05, 0.1) is 18.8 Å². The zero-order valence-electron chi connectivity index (χ0n) is 13.0. The SMILES string of the molecule is CCOc1ccc(C(C)NC)cc1COC(C)(C)C. The van der Waals surface area contributed by atoms with Crippen LogP contribution in [0.1, 0.15) is 51.8 Å². The number of hydrogen-bond donors (Lipinski definition) is 1. The predicted octanol–water partition coefficient (Wildman–Crippen LogP) is 3.68. The summed E-state index contributed by atoms with van der Waals surface area (Å²) in [5.74, 6) is 0.916. The van der Waals surface area contributed by atoms with E-state index in [1.165, 1.54) is 5.56 Å². The van der Waals surface area contributed by atoms with Gasteiger partial charge in [-0.3, -0.25) is 0 Å². The van der Waals surface area contributed by atoms with Crippen LogP contribution >= 0.6 is 0 Å². The minimum Gasteiger partial charge on any atom is -0.494 e. The quantitative estimate of drug-likeness (QED) is 0.851. The van der Waals surface area contributed by atoms with E-state index in [9.17, 15) is 0 Å². The van der Waals surface area contributed by atoms with Gasteiger partial charge in [-0.1, -0.05) is 6.07 Å². The number of rotatable bonds is 6. The fraction of sp³-hybridized carbons (Fsp3) is 0.625. The van der Waals surface area contributed by atoms with Crippen molar-refractivity contribution in [3.05, 3.63) is 29.3 Å². The van der Waals surface area contributed by atoms with E-state index in [0.29, 0.717) is 19.3 Å². The fourth-order valence-electron chi connectivity index (χ4n) is 1.74. The molecule has 0 spiro atoms. The van der Waals surface area contributed by atoms with E-state index in [-0.39, 0.29) is 5.60 Å². The van der Waals surface area contributed by atoms with Crippen molar-refractivity contribution in [2.24, 2.45) is 0 Å². The average molecular weight is 265 g/mol. The summed E-state index contributed by atoms with van der Waals surface area (Å²) in [6.45, 7) is 11.6. The first kappa shape index (κ1) is 16.0. The molecule has 3 heteroatoms. The Labute approximate surface area is 117 Å². The van der Waals surface area contributed by atoms with E-state index in [1.54, 1.807) is 0 Å². The van der Waals surface area contributed by atoms with Gasteiger partial charge < -0.3 is 14.8 Å². The largest absolute Gasteiger partial charge is 0.494 e. The fourth-order valence-corrected chi connectivity index (χ4v) is 1.74. The zero-order chi connectivity index (χ0) is 14.5. The van der Waals surface area contributed by atoms with Crippen molar-refractivity contribution in [2.45, 2.75) is 52.9 Å². The van der Waals surface area contributed by atoms with E-state index in [0.717, 1.165) is 11.3 Å². The first-order valence-corrected chi connectivity index (χ1v) is 6.94. The van der Waals surface area contributed by atoms with Crippen LogP contribution in [0.2, 0.25) is 0 Å². The van der Waals surface area contributed by atoms with Crippen LogP contribution in [0.4, 0.5) is 0 Å². The molecular formula is C16H27NO2. The second kappa shape index (κ2) is 6.92. The Morgan fingerprint density at radius 1 is 1.26 bits per heavy atom. The standard InChI is InChI=1S/C16H27NO2/c1-7-18-15-9-8-13(12(2)17-6)10-14(15)11-19-16(3,4)5/h8-10,12,17H,7,11H2,1-6H3. The van der Waals surface area contributed by atoms with Crippen LogP contribution in [-0.4, -0.2) is 19.3 Å². The third-order valence-corrected chi connectivity index (χ3v) is 2.98. The Kier molecular flexibility index (Phi) is 5.83. The third kappa shape index (κ3) is 5.21. The smallest absolute Gasteiger partial charge is 0.124 e. The molecule has 0 aliphatic rings. The molecule has 0 saturated heterocycles. The molecule has 0 radical (unpaired) electrons. The van der Waals surface area contributed by atoms with E-state index in [4.69, 9.17) is 9.47 Å². The van der Waals surface area contributed by atoms with Gasteiger partial charge in [-0.05, 0) is 59.4 Å². The van der Waals surface area contributed by atoms with Crippen LogP contribution in [0.5, 0.6) is 5.75 Å². The Bertz CT molecular complexity index is 396. The van der Waals surface area contributed by atoms with Crippen LogP contribution in [0.25, 0.3) is 0 Å². The van der Waals surface area contributed by atoms with Gasteiger partial charge in [0.15, 0.2) is 0 Å². The Hall–Kier alpha value is -1.06. The Morgan fingerprint density at radius 3 is 2.47 bits per heavy atom. The lowest BCUT2D eigenvalue weighted by atomic mass is 10.0. The topological polar surface area (TPSA) is 30.5 Å². The highest BCUT2D eigenvalue weighted by Crippen LogP contribution is 2.25. The van der Waals surface area contributed by atoms with E-state index >= 15 is 0 Å². The number of nitrogens with one attached hydrogen (secondary N) is 1. The minimum atomic E-state index is -0.145. The summed E-state index contributed by atoms with van der Waals surface area (Å²) in [5.41, 5.74) is 2.21. The van der Waals surface area contributed by atoms with Crippen molar-refractivity contribution in [3.8, 4) is 5.75 Å². The molecule has 0 amide bonds. The molecule has 108 valence electrons. The molecule has 1 aromatic carbocycles. The van der Waals surface area contributed by atoms with Crippen molar-refractivity contribution in [1.82, 2.24) is 5.32 Å². The predicted molar refractivity (Wildman–Crippen MR) is 79.6 cm³/mol. The molecule has 0 aromatic heterocycles. The van der Waals surface area contributed by atoms with Gasteiger partial charge in [0.25, 0.3) is 0 Å². The summed E-state index contributed by atoms with van der Waals surface area (Å²) in [4.78, 5) is 0. The maximum atomic E-state index is 5.87. The number of hydrogen-bond acceptors (Lipinski definition) is 3. The van der Waals surface area contributed by atoms with Gasteiger partial charge >= 0.3 is 0 Å². The average Bonchev–Trinajstić information content (AvgIpc) is 2.36. The van der Waals surface area contributed by atoms with Gasteiger partial charge in [0, 0.05) is 11.6 Å². The normalized spacial score (nSPS) is 13.4. The molecular weight excluding hydrogens is 238 g/mol. The van der Waals surface area contributed by atoms with Gasteiger partial charge in [-0.25, -0.2) is 0 Å². The molecule has 0 fully saturated rings. The molecule has 19 heavy (non-hydrogen) atoms. The van der Waals surface area contributed by atoms with E-state index in [1.807, 2.05) is 20.0 Å². The molecule has 1 unspecified atom stereocenters. The van der Waals surface area contributed by atoms with Crippen LogP contribution in [0.3, 0.4) is 0 Å². The summed E-state index contributed by atoms with van der Waals surface area (Å²) in [6.07, 6.45) is 0. The minimum absolute atomic E-state index is 0.145. The maximum absolute atomic E-state index is 5.87. The lowest BCUT2D eigenvalue weighted by molar-refractivity contribution is -0.0158. The van der Waals surface area contributed by atoms with Gasteiger partial charge in [0.2, 0.25) is 0 Å². The summed E-state index contributed by atoms with van der Waals surface area (Å²) < 4.78 is 11.5. The molecule has 0 aliphatic heterocycles. The number of benzene rings is 1. The summed E-state index contributed by atoms with van der Waals surface area (Å²) in [5, 5.41) is 3.25.